The van der Waals surface area contributed by atoms with E-state index in [4.69, 9.17) is 11.6 Å². The van der Waals surface area contributed by atoms with Gasteiger partial charge in [-0.15, -0.1) is 0 Å². The molecule has 1 spiro atoms. The normalized spacial score (nSPS) is 28.7. The second kappa shape index (κ2) is 7.58. The van der Waals surface area contributed by atoms with Crippen molar-refractivity contribution in [3.05, 3.63) is 76.8 Å². The van der Waals surface area contributed by atoms with E-state index < -0.39 is 5.54 Å². The third-order valence-corrected chi connectivity index (χ3v) is 6.64. The molecule has 0 aliphatic carbocycles. The van der Waals surface area contributed by atoms with E-state index in [2.05, 4.69) is 46.4 Å². The van der Waals surface area contributed by atoms with Gasteiger partial charge < -0.3 is 10.6 Å². The highest BCUT2D eigenvalue weighted by Crippen LogP contribution is 2.38. The monoisotopic (exact) mass is 408 g/mol. The van der Waals surface area contributed by atoms with Gasteiger partial charge in [-0.3, -0.25) is 4.79 Å². The van der Waals surface area contributed by atoms with Crippen LogP contribution in [0.5, 0.6) is 0 Å². The molecule has 0 bridgehead atoms. The highest BCUT2D eigenvalue weighted by molar-refractivity contribution is 6.30. The second-order valence-electron chi connectivity index (χ2n) is 8.12. The molecule has 2 aromatic rings. The van der Waals surface area contributed by atoms with Crippen molar-refractivity contribution < 1.29 is 4.79 Å². The van der Waals surface area contributed by atoms with Crippen LogP contribution in [0.3, 0.4) is 0 Å². The SMILES string of the molecule is O=C1C2=CCNC3CC(CCc4ccccc4)NCC23NN1c1ccc(Cl)cc1. The van der Waals surface area contributed by atoms with E-state index in [9.17, 15) is 4.79 Å². The van der Waals surface area contributed by atoms with Gasteiger partial charge in [-0.25, -0.2) is 10.4 Å². The fraction of sp³-hybridized carbons (Fsp3) is 0.348. The van der Waals surface area contributed by atoms with Gasteiger partial charge in [0.15, 0.2) is 0 Å². The number of carbonyl (C=O) groups is 1. The summed E-state index contributed by atoms with van der Waals surface area (Å²) in [7, 11) is 0. The van der Waals surface area contributed by atoms with Crippen LogP contribution in [-0.4, -0.2) is 36.6 Å². The van der Waals surface area contributed by atoms with Crippen molar-refractivity contribution in [3.8, 4) is 0 Å². The Balaban J connectivity index is 1.33. The summed E-state index contributed by atoms with van der Waals surface area (Å²) in [6.45, 7) is 1.46. The topological polar surface area (TPSA) is 56.4 Å². The van der Waals surface area contributed by atoms with Crippen LogP contribution in [0.4, 0.5) is 5.69 Å². The molecule has 3 aliphatic rings. The first-order valence-electron chi connectivity index (χ1n) is 10.2. The number of halogens is 1. The molecule has 0 saturated carbocycles. The zero-order valence-electron chi connectivity index (χ0n) is 16.2. The molecule has 1 amide bonds. The highest BCUT2D eigenvalue weighted by atomic mass is 35.5. The third kappa shape index (κ3) is 3.38. The van der Waals surface area contributed by atoms with Crippen molar-refractivity contribution in [1.29, 1.82) is 0 Å². The summed E-state index contributed by atoms with van der Waals surface area (Å²) in [5.74, 6) is 0.0309. The van der Waals surface area contributed by atoms with Gasteiger partial charge in [0, 0.05) is 35.8 Å². The molecular formula is C23H25ClN4O. The standard InChI is InChI=1S/C23H25ClN4O/c24-17-7-10-19(11-8-17)28-22(29)20-12-13-25-21-14-18(26-15-23(20,21)27-28)9-6-16-4-2-1-3-5-16/h1-5,7-8,10-12,18,21,25-27H,6,9,13-15H2. The molecular weight excluding hydrogens is 384 g/mol. The number of carbonyl (C=O) groups excluding carboxylic acids is 1. The summed E-state index contributed by atoms with van der Waals surface area (Å²) in [5, 5.41) is 9.68. The maximum atomic E-state index is 13.2. The summed E-state index contributed by atoms with van der Waals surface area (Å²) in [4.78, 5) is 13.2. The van der Waals surface area contributed by atoms with Crippen LogP contribution in [0.15, 0.2) is 66.2 Å². The number of rotatable bonds is 4. The van der Waals surface area contributed by atoms with E-state index >= 15 is 0 Å². The van der Waals surface area contributed by atoms with Crippen molar-refractivity contribution in [3.63, 3.8) is 0 Å². The lowest BCUT2D eigenvalue weighted by molar-refractivity contribution is -0.114. The number of nitrogens with one attached hydrogen (secondary N) is 3. The fourth-order valence-electron chi connectivity index (χ4n) is 4.83. The molecule has 3 N–H and O–H groups in total. The van der Waals surface area contributed by atoms with Crippen molar-refractivity contribution in [2.45, 2.75) is 36.9 Å². The molecule has 0 aromatic heterocycles. The minimum atomic E-state index is -0.405. The minimum Gasteiger partial charge on any atom is -0.312 e. The van der Waals surface area contributed by atoms with Gasteiger partial charge >= 0.3 is 0 Å². The van der Waals surface area contributed by atoms with E-state index in [1.54, 1.807) is 5.01 Å². The highest BCUT2D eigenvalue weighted by Gasteiger charge is 2.56. The molecule has 2 fully saturated rings. The first-order chi connectivity index (χ1) is 14.2. The number of piperidine rings is 1. The summed E-state index contributed by atoms with van der Waals surface area (Å²) >= 11 is 6.02. The van der Waals surface area contributed by atoms with Crippen LogP contribution in [0, 0.1) is 0 Å². The number of benzene rings is 2. The first-order valence-corrected chi connectivity index (χ1v) is 10.6. The van der Waals surface area contributed by atoms with Crippen molar-refractivity contribution >= 4 is 23.2 Å². The summed E-state index contributed by atoms with van der Waals surface area (Å²) in [6.07, 6.45) is 5.17. The Morgan fingerprint density at radius 1 is 1.07 bits per heavy atom. The molecule has 6 heteroatoms. The van der Waals surface area contributed by atoms with Crippen molar-refractivity contribution in [2.24, 2.45) is 0 Å². The zero-order valence-corrected chi connectivity index (χ0v) is 17.0. The predicted octanol–water partition coefficient (Wildman–Crippen LogP) is 2.82. The second-order valence-corrected chi connectivity index (χ2v) is 8.55. The van der Waals surface area contributed by atoms with Crippen LogP contribution in [0.2, 0.25) is 5.02 Å². The van der Waals surface area contributed by atoms with E-state index in [1.165, 1.54) is 5.56 Å². The maximum absolute atomic E-state index is 13.2. The van der Waals surface area contributed by atoms with E-state index in [-0.39, 0.29) is 11.9 Å². The van der Waals surface area contributed by atoms with Crippen LogP contribution >= 0.6 is 11.6 Å². The lowest BCUT2D eigenvalue weighted by Crippen LogP contribution is -2.71. The van der Waals surface area contributed by atoms with E-state index in [0.717, 1.165) is 43.6 Å². The maximum Gasteiger partial charge on any atom is 0.270 e. The van der Waals surface area contributed by atoms with Crippen LogP contribution < -0.4 is 21.1 Å². The quantitative estimate of drug-likeness (QED) is 0.728. The van der Waals surface area contributed by atoms with Gasteiger partial charge in [0.2, 0.25) is 0 Å². The molecule has 2 saturated heterocycles. The number of hydrogen-bond donors (Lipinski definition) is 3. The van der Waals surface area contributed by atoms with E-state index in [0.29, 0.717) is 11.1 Å². The summed E-state index contributed by atoms with van der Waals surface area (Å²) < 4.78 is 0. The predicted molar refractivity (Wildman–Crippen MR) is 116 cm³/mol. The van der Waals surface area contributed by atoms with Gasteiger partial charge in [-0.1, -0.05) is 48.0 Å². The summed E-state index contributed by atoms with van der Waals surface area (Å²) in [6, 6.07) is 18.6. The van der Waals surface area contributed by atoms with Crippen LogP contribution in [0.25, 0.3) is 0 Å². The number of hydrogen-bond acceptors (Lipinski definition) is 4. The smallest absolute Gasteiger partial charge is 0.270 e. The molecule has 3 atom stereocenters. The van der Waals surface area contributed by atoms with Crippen molar-refractivity contribution in [2.75, 3.05) is 18.1 Å². The Labute approximate surface area is 176 Å². The van der Waals surface area contributed by atoms with Gasteiger partial charge in [-0.05, 0) is 49.1 Å². The molecule has 5 rings (SSSR count). The Kier molecular flexibility index (Phi) is 4.92. The fourth-order valence-corrected chi connectivity index (χ4v) is 4.95. The number of nitrogens with zero attached hydrogens (tertiary/aromatic N) is 1. The molecule has 3 aliphatic heterocycles. The molecule has 29 heavy (non-hydrogen) atoms. The van der Waals surface area contributed by atoms with Gasteiger partial charge in [0.25, 0.3) is 5.91 Å². The van der Waals surface area contributed by atoms with Crippen LogP contribution in [0.1, 0.15) is 18.4 Å². The number of hydrazine groups is 1. The Morgan fingerprint density at radius 2 is 1.86 bits per heavy atom. The number of anilines is 1. The first kappa shape index (κ1) is 18.8. The van der Waals surface area contributed by atoms with Gasteiger partial charge in [0.1, 0.15) is 0 Å². The molecule has 5 nitrogen and oxygen atoms in total. The van der Waals surface area contributed by atoms with Gasteiger partial charge in [-0.2, -0.15) is 0 Å². The molecule has 3 unspecified atom stereocenters. The molecule has 150 valence electrons. The largest absolute Gasteiger partial charge is 0.312 e. The Hall–Kier alpha value is -2.18. The van der Waals surface area contributed by atoms with Crippen molar-refractivity contribution in [1.82, 2.24) is 16.1 Å². The average Bonchev–Trinajstić information content (AvgIpc) is 3.05. The minimum absolute atomic E-state index is 0.0309. The molecule has 0 radical (unpaired) electrons. The third-order valence-electron chi connectivity index (χ3n) is 6.39. The lowest BCUT2D eigenvalue weighted by Gasteiger charge is -2.47. The number of amides is 1. The van der Waals surface area contributed by atoms with Crippen LogP contribution in [-0.2, 0) is 11.2 Å². The average molecular weight is 409 g/mol. The lowest BCUT2D eigenvalue weighted by atomic mass is 9.75. The Morgan fingerprint density at radius 3 is 2.66 bits per heavy atom. The number of aryl methyl sites for hydroxylation is 1. The summed E-state index contributed by atoms with van der Waals surface area (Å²) in [5.41, 5.74) is 6.18. The molecule has 3 heterocycles. The van der Waals surface area contributed by atoms with Gasteiger partial charge in [0.05, 0.1) is 11.2 Å². The zero-order chi connectivity index (χ0) is 19.8. The Bertz CT molecular complexity index is 930. The molecule has 2 aromatic carbocycles. The van der Waals surface area contributed by atoms with E-state index in [1.807, 2.05) is 30.3 Å².